The largest absolute Gasteiger partial charge is 0.393 e. The third-order valence-electron chi connectivity index (χ3n) is 5.47. The molecule has 0 radical (unpaired) electrons. The molecule has 0 amide bonds. The Morgan fingerprint density at radius 3 is 2.21 bits per heavy atom. The molecule has 29 heavy (non-hydrogen) atoms. The molecular formula is C20H35N7O2. The monoisotopic (exact) mass is 405 g/mol. The molecule has 0 aromatic carbocycles. The topological polar surface area (TPSA) is 112 Å². The van der Waals surface area contributed by atoms with Gasteiger partial charge in [-0.05, 0) is 89.1 Å². The molecule has 0 aliphatic carbocycles. The number of rotatable bonds is 12. The van der Waals surface area contributed by atoms with Gasteiger partial charge in [-0.1, -0.05) is 0 Å². The molecule has 2 unspecified atom stereocenters. The Morgan fingerprint density at radius 1 is 0.931 bits per heavy atom. The summed E-state index contributed by atoms with van der Waals surface area (Å²) in [6.45, 7) is 8.28. The number of aromatic nitrogens is 4. The van der Waals surface area contributed by atoms with E-state index in [0.29, 0.717) is 25.7 Å². The molecule has 1 aromatic rings. The number of hydrogen-bond acceptors (Lipinski definition) is 8. The molecule has 0 fully saturated rings. The van der Waals surface area contributed by atoms with Crippen LogP contribution in [0.1, 0.15) is 72.6 Å². The number of nitrogens with zero attached hydrogens (tertiary/aromatic N) is 7. The van der Waals surface area contributed by atoms with Crippen LogP contribution in [-0.4, -0.2) is 65.7 Å². The van der Waals surface area contributed by atoms with Crippen molar-refractivity contribution in [3.8, 4) is 0 Å². The van der Waals surface area contributed by atoms with E-state index in [4.69, 9.17) is 0 Å². The molecule has 9 heteroatoms. The average Bonchev–Trinajstić information content (AvgIpc) is 3.08. The van der Waals surface area contributed by atoms with E-state index in [9.17, 15) is 10.2 Å². The van der Waals surface area contributed by atoms with Gasteiger partial charge in [-0.3, -0.25) is 0 Å². The number of hydrazone groups is 1. The fraction of sp³-hybridized carbons (Fsp3) is 0.750. The van der Waals surface area contributed by atoms with Crippen LogP contribution in [0.4, 0.5) is 0 Å². The molecule has 0 bridgehead atoms. The van der Waals surface area contributed by atoms with Crippen LogP contribution in [-0.2, 0) is 5.54 Å². The maximum absolute atomic E-state index is 10.4. The zero-order valence-corrected chi connectivity index (χ0v) is 18.0. The zero-order valence-electron chi connectivity index (χ0n) is 18.0. The number of allylic oxidation sites excluding steroid dienone is 1. The third-order valence-corrected chi connectivity index (χ3v) is 5.47. The number of aliphatic imine (C=N–C) groups is 1. The normalized spacial score (nSPS) is 16.8. The summed E-state index contributed by atoms with van der Waals surface area (Å²) in [4.78, 5) is 4.16. The Balaban J connectivity index is 1.64. The van der Waals surface area contributed by atoms with Crippen molar-refractivity contribution >= 4 is 12.6 Å². The summed E-state index contributed by atoms with van der Waals surface area (Å²) in [6, 6.07) is 0. The van der Waals surface area contributed by atoms with Crippen LogP contribution in [0, 0.1) is 0 Å². The van der Waals surface area contributed by atoms with Gasteiger partial charge in [0, 0.05) is 12.4 Å². The minimum Gasteiger partial charge on any atom is -0.393 e. The quantitative estimate of drug-likeness (QED) is 0.552. The third kappa shape index (κ3) is 7.66. The number of hydrogen-bond donors (Lipinski definition) is 2. The van der Waals surface area contributed by atoms with Crippen molar-refractivity contribution in [1.82, 2.24) is 25.2 Å². The summed E-state index contributed by atoms with van der Waals surface area (Å²) < 4.78 is 1.72. The van der Waals surface area contributed by atoms with E-state index in [1.165, 1.54) is 0 Å². The van der Waals surface area contributed by atoms with Crippen molar-refractivity contribution in [2.75, 3.05) is 0 Å². The highest BCUT2D eigenvalue weighted by Gasteiger charge is 2.26. The maximum atomic E-state index is 10.4. The molecule has 1 aliphatic heterocycles. The molecule has 2 atom stereocenters. The second-order valence-corrected chi connectivity index (χ2v) is 8.91. The van der Waals surface area contributed by atoms with Gasteiger partial charge in [0.05, 0.1) is 23.3 Å². The summed E-state index contributed by atoms with van der Waals surface area (Å²) in [5, 5.41) is 38.1. The first-order chi connectivity index (χ1) is 13.7. The van der Waals surface area contributed by atoms with Gasteiger partial charge in [-0.25, -0.2) is 14.7 Å². The van der Waals surface area contributed by atoms with Crippen LogP contribution in [0.25, 0.3) is 0 Å². The van der Waals surface area contributed by atoms with E-state index < -0.39 is 0 Å². The highest BCUT2D eigenvalue weighted by atomic mass is 16.3. The summed E-state index contributed by atoms with van der Waals surface area (Å²) >= 11 is 0. The molecule has 0 saturated carbocycles. The first-order valence-corrected chi connectivity index (χ1v) is 10.3. The van der Waals surface area contributed by atoms with Gasteiger partial charge in [0.2, 0.25) is 0 Å². The fourth-order valence-corrected chi connectivity index (χ4v) is 3.23. The summed E-state index contributed by atoms with van der Waals surface area (Å²) in [7, 11) is 0. The van der Waals surface area contributed by atoms with Crippen LogP contribution in [0.15, 0.2) is 28.7 Å². The van der Waals surface area contributed by atoms with Gasteiger partial charge in [0.15, 0.2) is 0 Å². The van der Waals surface area contributed by atoms with Gasteiger partial charge in [0.25, 0.3) is 0 Å². The van der Waals surface area contributed by atoms with Crippen molar-refractivity contribution < 1.29 is 10.2 Å². The Bertz CT molecular complexity index is 667. The predicted octanol–water partition coefficient (Wildman–Crippen LogP) is 2.48. The lowest BCUT2D eigenvalue weighted by Crippen LogP contribution is -2.40. The van der Waals surface area contributed by atoms with Crippen LogP contribution in [0.3, 0.4) is 0 Å². The highest BCUT2D eigenvalue weighted by molar-refractivity contribution is 5.74. The van der Waals surface area contributed by atoms with Gasteiger partial charge in [-0.2, -0.15) is 5.10 Å². The van der Waals surface area contributed by atoms with Crippen LogP contribution >= 0.6 is 0 Å². The SMILES string of the molecule is CC(C)(CCC(O)CCCC(O)CCC(C)(C)n1cnnn1)N1C=NC=CC=N1. The van der Waals surface area contributed by atoms with Gasteiger partial charge in [0.1, 0.15) is 12.7 Å². The first kappa shape index (κ1) is 23.2. The van der Waals surface area contributed by atoms with Crippen molar-refractivity contribution in [2.24, 2.45) is 10.1 Å². The summed E-state index contributed by atoms with van der Waals surface area (Å²) in [6.07, 6.45) is 12.8. The van der Waals surface area contributed by atoms with Gasteiger partial charge >= 0.3 is 0 Å². The molecule has 2 heterocycles. The van der Waals surface area contributed by atoms with Crippen molar-refractivity contribution in [3.05, 3.63) is 18.6 Å². The van der Waals surface area contributed by atoms with Crippen LogP contribution in [0.2, 0.25) is 0 Å². The Morgan fingerprint density at radius 2 is 1.59 bits per heavy atom. The minimum absolute atomic E-state index is 0.228. The van der Waals surface area contributed by atoms with Crippen LogP contribution < -0.4 is 0 Å². The lowest BCUT2D eigenvalue weighted by Gasteiger charge is -2.33. The Hall–Kier alpha value is -2.13. The molecule has 2 N–H and O–H groups in total. The van der Waals surface area contributed by atoms with E-state index in [0.717, 1.165) is 19.3 Å². The molecule has 1 aliphatic rings. The number of tetrazole rings is 1. The predicted molar refractivity (Wildman–Crippen MR) is 114 cm³/mol. The van der Waals surface area contributed by atoms with Crippen molar-refractivity contribution in [1.29, 1.82) is 0 Å². The number of aliphatic hydroxyl groups is 2. The zero-order chi connectivity index (χ0) is 21.3. The van der Waals surface area contributed by atoms with E-state index in [1.54, 1.807) is 35.8 Å². The molecule has 2 rings (SSSR count). The molecule has 0 saturated heterocycles. The van der Waals surface area contributed by atoms with E-state index in [-0.39, 0.29) is 23.3 Å². The van der Waals surface area contributed by atoms with E-state index in [2.05, 4.69) is 53.3 Å². The van der Waals surface area contributed by atoms with Crippen LogP contribution in [0.5, 0.6) is 0 Å². The molecule has 9 nitrogen and oxygen atoms in total. The van der Waals surface area contributed by atoms with Crippen molar-refractivity contribution in [2.45, 2.75) is 95.9 Å². The molecule has 162 valence electrons. The maximum Gasteiger partial charge on any atom is 0.138 e. The summed E-state index contributed by atoms with van der Waals surface area (Å²) in [5.41, 5.74) is -0.460. The fourth-order valence-electron chi connectivity index (χ4n) is 3.23. The van der Waals surface area contributed by atoms with E-state index in [1.807, 2.05) is 5.01 Å². The Kier molecular flexibility index (Phi) is 8.45. The molecule has 0 spiro atoms. The second-order valence-electron chi connectivity index (χ2n) is 8.91. The second kappa shape index (κ2) is 10.6. The molecule has 1 aromatic heterocycles. The first-order valence-electron chi connectivity index (χ1n) is 10.3. The standard InChI is InChI=1S/C20H35N7O2/c1-19(2,26-15-21-13-6-14-23-26)11-9-17(28)7-5-8-18(29)10-12-20(3,4)27-16-22-24-25-27/h6,13-18,28-29H,5,7-12H2,1-4H3. The summed E-state index contributed by atoms with van der Waals surface area (Å²) in [5.74, 6) is 0. The van der Waals surface area contributed by atoms with E-state index >= 15 is 0 Å². The smallest absolute Gasteiger partial charge is 0.138 e. The van der Waals surface area contributed by atoms with Gasteiger partial charge < -0.3 is 10.2 Å². The number of aliphatic hydroxyl groups excluding tert-OH is 2. The Labute approximate surface area is 173 Å². The average molecular weight is 406 g/mol. The van der Waals surface area contributed by atoms with Gasteiger partial charge in [-0.15, -0.1) is 5.10 Å². The lowest BCUT2D eigenvalue weighted by molar-refractivity contribution is 0.102. The molecular weight excluding hydrogens is 370 g/mol. The lowest BCUT2D eigenvalue weighted by atomic mass is 9.93. The van der Waals surface area contributed by atoms with Crippen molar-refractivity contribution in [3.63, 3.8) is 0 Å². The minimum atomic E-state index is -0.385. The highest BCUT2D eigenvalue weighted by Crippen LogP contribution is 2.24.